The van der Waals surface area contributed by atoms with Crippen LogP contribution >= 0.6 is 0 Å². The zero-order chi connectivity index (χ0) is 15.6. The number of alkyl halides is 6. The lowest BCUT2D eigenvalue weighted by molar-refractivity contribution is -0.300. The van der Waals surface area contributed by atoms with Crippen molar-refractivity contribution in [1.29, 1.82) is 0 Å². The van der Waals surface area contributed by atoms with Crippen molar-refractivity contribution in [2.45, 2.75) is 25.0 Å². The summed E-state index contributed by atoms with van der Waals surface area (Å²) < 4.78 is 90.8. The van der Waals surface area contributed by atoms with Crippen molar-refractivity contribution in [2.75, 3.05) is 7.05 Å². The SMILES string of the molecule is CNCc1cc(F)cnc1OC(C(F)(F)F)C(F)(F)F. The molecular formula is C10H9F7N2O. The van der Waals surface area contributed by atoms with E-state index in [1.807, 2.05) is 0 Å². The van der Waals surface area contributed by atoms with E-state index in [0.717, 1.165) is 6.07 Å². The van der Waals surface area contributed by atoms with Crippen molar-refractivity contribution >= 4 is 0 Å². The molecule has 1 aromatic rings. The number of hydrogen-bond donors (Lipinski definition) is 1. The van der Waals surface area contributed by atoms with Crippen LogP contribution in [0.15, 0.2) is 12.3 Å². The Morgan fingerprint density at radius 1 is 1.20 bits per heavy atom. The van der Waals surface area contributed by atoms with Gasteiger partial charge in [-0.3, -0.25) is 0 Å². The van der Waals surface area contributed by atoms with Gasteiger partial charge in [-0.15, -0.1) is 0 Å². The van der Waals surface area contributed by atoms with Crippen molar-refractivity contribution in [3.05, 3.63) is 23.6 Å². The molecule has 0 amide bonds. The van der Waals surface area contributed by atoms with Gasteiger partial charge in [0, 0.05) is 12.1 Å². The van der Waals surface area contributed by atoms with E-state index < -0.39 is 30.2 Å². The van der Waals surface area contributed by atoms with E-state index in [0.29, 0.717) is 6.20 Å². The van der Waals surface area contributed by atoms with E-state index in [1.54, 1.807) is 0 Å². The van der Waals surface area contributed by atoms with Gasteiger partial charge in [0.1, 0.15) is 5.82 Å². The third-order valence-corrected chi connectivity index (χ3v) is 2.08. The van der Waals surface area contributed by atoms with E-state index in [1.165, 1.54) is 7.05 Å². The number of hydrogen-bond acceptors (Lipinski definition) is 3. The summed E-state index contributed by atoms with van der Waals surface area (Å²) in [4.78, 5) is 3.13. The molecule has 0 radical (unpaired) electrons. The molecule has 0 fully saturated rings. The minimum absolute atomic E-state index is 0.206. The van der Waals surface area contributed by atoms with Crippen LogP contribution in [0.25, 0.3) is 0 Å². The summed E-state index contributed by atoms with van der Waals surface area (Å²) in [5, 5.41) is 2.45. The summed E-state index contributed by atoms with van der Waals surface area (Å²) in [5.74, 6) is -1.83. The molecule has 20 heavy (non-hydrogen) atoms. The van der Waals surface area contributed by atoms with Crippen LogP contribution in [0.1, 0.15) is 5.56 Å². The molecule has 0 bridgehead atoms. The highest BCUT2D eigenvalue weighted by Gasteiger charge is 2.59. The van der Waals surface area contributed by atoms with Gasteiger partial charge in [-0.05, 0) is 13.1 Å². The molecule has 0 unspecified atom stereocenters. The van der Waals surface area contributed by atoms with Gasteiger partial charge in [-0.1, -0.05) is 0 Å². The van der Waals surface area contributed by atoms with Gasteiger partial charge < -0.3 is 10.1 Å². The number of halogens is 7. The molecule has 1 rings (SSSR count). The molecule has 1 heterocycles. The normalized spacial score (nSPS) is 12.8. The number of rotatable bonds is 4. The van der Waals surface area contributed by atoms with Crippen LogP contribution in [0.3, 0.4) is 0 Å². The lowest BCUT2D eigenvalue weighted by Crippen LogP contribution is -2.46. The third kappa shape index (κ3) is 4.22. The van der Waals surface area contributed by atoms with E-state index in [2.05, 4.69) is 15.0 Å². The minimum Gasteiger partial charge on any atom is -0.454 e. The third-order valence-electron chi connectivity index (χ3n) is 2.08. The standard InChI is InChI=1S/C10H9F7N2O/c1-18-3-5-2-6(11)4-19-7(5)20-8(9(12,13)14)10(15,16)17/h2,4,8,18H,3H2,1H3. The summed E-state index contributed by atoms with van der Waals surface area (Å²) in [7, 11) is 1.37. The molecule has 1 aromatic heterocycles. The summed E-state index contributed by atoms with van der Waals surface area (Å²) in [6.07, 6.45) is -14.9. The predicted octanol–water partition coefficient (Wildman–Crippen LogP) is 2.81. The molecule has 0 atom stereocenters. The average Bonchev–Trinajstić information content (AvgIpc) is 2.25. The molecule has 1 N–H and O–H groups in total. The molecule has 0 aromatic carbocycles. The summed E-state index contributed by atoms with van der Waals surface area (Å²) >= 11 is 0. The fraction of sp³-hybridized carbons (Fsp3) is 0.500. The fourth-order valence-corrected chi connectivity index (χ4v) is 1.32. The van der Waals surface area contributed by atoms with Crippen molar-refractivity contribution in [2.24, 2.45) is 0 Å². The van der Waals surface area contributed by atoms with Crippen molar-refractivity contribution in [3.63, 3.8) is 0 Å². The van der Waals surface area contributed by atoms with Gasteiger partial charge >= 0.3 is 12.4 Å². The first-order valence-electron chi connectivity index (χ1n) is 5.14. The zero-order valence-electron chi connectivity index (χ0n) is 9.94. The Hall–Kier alpha value is -1.58. The van der Waals surface area contributed by atoms with Gasteiger partial charge in [0.05, 0.1) is 6.20 Å². The van der Waals surface area contributed by atoms with E-state index in [4.69, 9.17) is 0 Å². The summed E-state index contributed by atoms with van der Waals surface area (Å²) in [5.41, 5.74) is -0.258. The summed E-state index contributed by atoms with van der Waals surface area (Å²) in [6, 6.07) is 0.739. The van der Waals surface area contributed by atoms with Crippen LogP contribution in [-0.4, -0.2) is 30.5 Å². The maximum atomic E-state index is 12.9. The Bertz CT molecular complexity index is 444. The van der Waals surface area contributed by atoms with Crippen LogP contribution in [-0.2, 0) is 6.54 Å². The summed E-state index contributed by atoms with van der Waals surface area (Å²) in [6.45, 7) is -0.206. The Labute approximate surface area is 108 Å². The van der Waals surface area contributed by atoms with Crippen LogP contribution in [0.5, 0.6) is 5.88 Å². The van der Waals surface area contributed by atoms with Gasteiger partial charge in [0.2, 0.25) is 5.88 Å². The van der Waals surface area contributed by atoms with Gasteiger partial charge in [-0.2, -0.15) is 26.3 Å². The largest absolute Gasteiger partial charge is 0.454 e. The second kappa shape index (κ2) is 5.81. The number of nitrogens with zero attached hydrogens (tertiary/aromatic N) is 1. The number of ether oxygens (including phenoxy) is 1. The molecule has 3 nitrogen and oxygen atoms in total. The molecule has 0 saturated heterocycles. The molecular weight excluding hydrogens is 297 g/mol. The Kier molecular flexibility index (Phi) is 4.79. The smallest absolute Gasteiger partial charge is 0.434 e. The first-order valence-corrected chi connectivity index (χ1v) is 5.14. The van der Waals surface area contributed by atoms with E-state index in [-0.39, 0.29) is 12.1 Å². The molecule has 10 heteroatoms. The molecule has 0 spiro atoms. The highest BCUT2D eigenvalue weighted by atomic mass is 19.4. The van der Waals surface area contributed by atoms with Crippen molar-refractivity contribution in [1.82, 2.24) is 10.3 Å². The molecule has 0 saturated carbocycles. The second-order valence-corrected chi connectivity index (χ2v) is 3.73. The maximum absolute atomic E-state index is 12.9. The molecule has 114 valence electrons. The van der Waals surface area contributed by atoms with Gasteiger partial charge in [0.15, 0.2) is 0 Å². The topological polar surface area (TPSA) is 34.2 Å². The Balaban J connectivity index is 3.12. The maximum Gasteiger partial charge on any atom is 0.434 e. The second-order valence-electron chi connectivity index (χ2n) is 3.73. The first kappa shape index (κ1) is 16.5. The Morgan fingerprint density at radius 3 is 2.20 bits per heavy atom. The predicted molar refractivity (Wildman–Crippen MR) is 53.5 cm³/mol. The number of nitrogens with one attached hydrogen (secondary N) is 1. The van der Waals surface area contributed by atoms with E-state index in [9.17, 15) is 30.7 Å². The van der Waals surface area contributed by atoms with Gasteiger partial charge in [0.25, 0.3) is 6.10 Å². The van der Waals surface area contributed by atoms with E-state index >= 15 is 0 Å². The van der Waals surface area contributed by atoms with Crippen LogP contribution in [0.2, 0.25) is 0 Å². The lowest BCUT2D eigenvalue weighted by atomic mass is 10.2. The lowest BCUT2D eigenvalue weighted by Gasteiger charge is -2.24. The van der Waals surface area contributed by atoms with Gasteiger partial charge in [-0.25, -0.2) is 9.37 Å². The van der Waals surface area contributed by atoms with Crippen LogP contribution in [0, 0.1) is 5.82 Å². The van der Waals surface area contributed by atoms with Crippen molar-refractivity contribution < 1.29 is 35.5 Å². The van der Waals surface area contributed by atoms with Crippen LogP contribution in [0.4, 0.5) is 30.7 Å². The highest BCUT2D eigenvalue weighted by Crippen LogP contribution is 2.36. The minimum atomic E-state index is -5.66. The molecule has 0 aliphatic heterocycles. The monoisotopic (exact) mass is 306 g/mol. The molecule has 0 aliphatic carbocycles. The molecule has 0 aliphatic rings. The zero-order valence-corrected chi connectivity index (χ0v) is 9.94. The Morgan fingerprint density at radius 2 is 1.75 bits per heavy atom. The average molecular weight is 306 g/mol. The quantitative estimate of drug-likeness (QED) is 0.869. The van der Waals surface area contributed by atoms with Crippen molar-refractivity contribution in [3.8, 4) is 5.88 Å². The highest BCUT2D eigenvalue weighted by molar-refractivity contribution is 5.26. The number of aromatic nitrogens is 1. The fourth-order valence-electron chi connectivity index (χ4n) is 1.32. The number of pyridine rings is 1. The first-order chi connectivity index (χ1) is 9.05. The van der Waals surface area contributed by atoms with Crippen LogP contribution < -0.4 is 10.1 Å².